The Morgan fingerprint density at radius 2 is 1.88 bits per heavy atom. The van der Waals surface area contributed by atoms with Crippen LogP contribution in [-0.2, 0) is 6.54 Å². The van der Waals surface area contributed by atoms with Gasteiger partial charge in [-0.15, -0.1) is 10.2 Å². The molecule has 8 nitrogen and oxygen atoms in total. The number of hydrogen-bond acceptors (Lipinski definition) is 7. The predicted octanol–water partition coefficient (Wildman–Crippen LogP) is 4.61. The molecule has 1 aliphatic rings. The van der Waals surface area contributed by atoms with Gasteiger partial charge in [0.2, 0.25) is 5.89 Å². The van der Waals surface area contributed by atoms with Crippen LogP contribution in [0, 0.1) is 0 Å². The number of alkyl halides is 2. The summed E-state index contributed by atoms with van der Waals surface area (Å²) in [5, 5.41) is 6.94. The molecular weight excluding hydrogens is 444 g/mol. The lowest BCUT2D eigenvalue weighted by Crippen LogP contribution is -2.37. The molecule has 0 aliphatic carbocycles. The van der Waals surface area contributed by atoms with E-state index >= 15 is 0 Å². The van der Waals surface area contributed by atoms with E-state index in [0.717, 1.165) is 25.9 Å². The first kappa shape index (κ1) is 22.4. The van der Waals surface area contributed by atoms with Crippen LogP contribution in [0.5, 0.6) is 0 Å². The highest BCUT2D eigenvalue weighted by Gasteiger charge is 2.23. The average Bonchev–Trinajstić information content (AvgIpc) is 3.45. The van der Waals surface area contributed by atoms with Crippen LogP contribution in [0.3, 0.4) is 0 Å². The lowest BCUT2D eigenvalue weighted by atomic mass is 9.89. The molecule has 0 saturated carbocycles. The third-order valence-corrected chi connectivity index (χ3v) is 6.44. The Balaban J connectivity index is 1.33. The zero-order chi connectivity index (χ0) is 23.8. The van der Waals surface area contributed by atoms with Gasteiger partial charge in [0.25, 0.3) is 5.89 Å². The zero-order valence-electron chi connectivity index (χ0n) is 18.9. The van der Waals surface area contributed by atoms with Crippen molar-refractivity contribution in [2.75, 3.05) is 13.1 Å². The van der Waals surface area contributed by atoms with Crippen molar-refractivity contribution < 1.29 is 17.6 Å². The number of fused-ring (bicyclic) bond motifs is 1. The molecule has 34 heavy (non-hydrogen) atoms. The number of halogens is 2. The van der Waals surface area contributed by atoms with Crippen LogP contribution < -0.4 is 5.76 Å². The van der Waals surface area contributed by atoms with Crippen LogP contribution in [0.4, 0.5) is 8.78 Å². The van der Waals surface area contributed by atoms with Crippen molar-refractivity contribution in [1.29, 1.82) is 0 Å². The summed E-state index contributed by atoms with van der Waals surface area (Å²) in [7, 11) is 0. The molecular formula is C24H25F2N5O3. The zero-order valence-corrected chi connectivity index (χ0v) is 18.9. The van der Waals surface area contributed by atoms with Gasteiger partial charge >= 0.3 is 12.2 Å². The summed E-state index contributed by atoms with van der Waals surface area (Å²) >= 11 is 0. The molecule has 0 bridgehead atoms. The Morgan fingerprint density at radius 3 is 2.53 bits per heavy atom. The molecule has 5 rings (SSSR count). The molecule has 3 aromatic heterocycles. The van der Waals surface area contributed by atoms with Crippen LogP contribution in [0.15, 0.2) is 50.2 Å². The van der Waals surface area contributed by atoms with Gasteiger partial charge in [-0.25, -0.2) is 4.79 Å². The van der Waals surface area contributed by atoms with Gasteiger partial charge in [-0.1, -0.05) is 6.07 Å². The first-order chi connectivity index (χ1) is 16.4. The van der Waals surface area contributed by atoms with Crippen LogP contribution in [0.2, 0.25) is 0 Å². The number of oxazole rings is 1. The first-order valence-corrected chi connectivity index (χ1v) is 11.3. The standard InChI is InChI=1S/C24H25F2N5O3/c1-14(2)30-9-7-15(8-10-30)16-4-6-19-20(11-16)33-24(32)31(19)13-18-5-3-17(12-27-18)22-28-29-23(34-22)21(25)26/h3-6,11-12,14-15,21H,7-10,13H2,1-2H3. The van der Waals surface area contributed by atoms with Crippen LogP contribution >= 0.6 is 0 Å². The Kier molecular flexibility index (Phi) is 5.99. The van der Waals surface area contributed by atoms with E-state index < -0.39 is 18.1 Å². The molecule has 1 aromatic carbocycles. The predicted molar refractivity (Wildman–Crippen MR) is 121 cm³/mol. The summed E-state index contributed by atoms with van der Waals surface area (Å²) in [6, 6.07) is 9.87. The molecule has 4 heterocycles. The van der Waals surface area contributed by atoms with Gasteiger partial charge in [-0.05, 0) is 75.5 Å². The van der Waals surface area contributed by atoms with E-state index in [2.05, 4.69) is 40.0 Å². The van der Waals surface area contributed by atoms with Gasteiger partial charge in [0.05, 0.1) is 23.3 Å². The lowest BCUT2D eigenvalue weighted by molar-refractivity contribution is 0.116. The topological polar surface area (TPSA) is 90.2 Å². The maximum atomic E-state index is 12.7. The minimum atomic E-state index is -2.83. The average molecular weight is 469 g/mol. The number of aromatic nitrogens is 4. The summed E-state index contributed by atoms with van der Waals surface area (Å²) in [6.07, 6.45) is 0.795. The number of likely N-dealkylation sites (tertiary alicyclic amines) is 1. The van der Waals surface area contributed by atoms with E-state index in [1.165, 1.54) is 16.3 Å². The minimum Gasteiger partial charge on any atom is -0.415 e. The summed E-state index contributed by atoms with van der Waals surface area (Å²) in [5.41, 5.74) is 3.49. The van der Waals surface area contributed by atoms with Crippen LogP contribution in [0.1, 0.15) is 56.2 Å². The number of hydrogen-bond donors (Lipinski definition) is 0. The highest BCUT2D eigenvalue weighted by Crippen LogP contribution is 2.31. The summed E-state index contributed by atoms with van der Waals surface area (Å²) in [5.74, 6) is -0.768. The minimum absolute atomic E-state index is 0.0352. The Hall–Kier alpha value is -3.40. The molecule has 178 valence electrons. The summed E-state index contributed by atoms with van der Waals surface area (Å²) in [6.45, 7) is 6.80. The van der Waals surface area contributed by atoms with Crippen molar-refractivity contribution in [2.45, 2.75) is 51.6 Å². The van der Waals surface area contributed by atoms with E-state index in [1.807, 2.05) is 12.1 Å². The van der Waals surface area contributed by atoms with E-state index in [1.54, 1.807) is 12.1 Å². The summed E-state index contributed by atoms with van der Waals surface area (Å²) < 4.78 is 37.3. The molecule has 0 atom stereocenters. The second-order valence-corrected chi connectivity index (χ2v) is 8.87. The van der Waals surface area contributed by atoms with Crippen molar-refractivity contribution in [3.8, 4) is 11.5 Å². The Morgan fingerprint density at radius 1 is 1.09 bits per heavy atom. The highest BCUT2D eigenvalue weighted by atomic mass is 19.3. The van der Waals surface area contributed by atoms with E-state index in [4.69, 9.17) is 8.83 Å². The SMILES string of the molecule is CC(C)N1CCC(c2ccc3c(c2)oc(=O)n3Cc2ccc(-c3nnc(C(F)F)o3)cn2)CC1. The lowest BCUT2D eigenvalue weighted by Gasteiger charge is -2.34. The molecule has 1 aliphatic heterocycles. The fourth-order valence-corrected chi connectivity index (χ4v) is 4.48. The second-order valence-electron chi connectivity index (χ2n) is 8.87. The molecule has 0 unspecified atom stereocenters. The van der Waals surface area contributed by atoms with Gasteiger partial charge in [0.1, 0.15) is 0 Å². The van der Waals surface area contributed by atoms with Gasteiger partial charge in [-0.3, -0.25) is 9.55 Å². The van der Waals surface area contributed by atoms with Gasteiger partial charge in [0, 0.05) is 12.2 Å². The number of benzene rings is 1. The van der Waals surface area contributed by atoms with Crippen LogP contribution in [-0.4, -0.2) is 43.8 Å². The first-order valence-electron chi connectivity index (χ1n) is 11.3. The monoisotopic (exact) mass is 469 g/mol. The molecule has 0 N–H and O–H groups in total. The third-order valence-electron chi connectivity index (χ3n) is 6.44. The normalized spacial score (nSPS) is 15.7. The quantitative estimate of drug-likeness (QED) is 0.407. The summed E-state index contributed by atoms with van der Waals surface area (Å²) in [4.78, 5) is 19.4. The Bertz CT molecular complexity index is 1330. The van der Waals surface area contributed by atoms with Crippen molar-refractivity contribution in [1.82, 2.24) is 24.6 Å². The van der Waals surface area contributed by atoms with E-state index in [0.29, 0.717) is 34.3 Å². The molecule has 1 saturated heterocycles. The molecule has 10 heteroatoms. The second kappa shape index (κ2) is 9.09. The molecule has 4 aromatic rings. The maximum Gasteiger partial charge on any atom is 0.420 e. The maximum absolute atomic E-state index is 12.7. The molecule has 0 radical (unpaired) electrons. The van der Waals surface area contributed by atoms with Crippen LogP contribution in [0.25, 0.3) is 22.6 Å². The van der Waals surface area contributed by atoms with E-state index in [9.17, 15) is 13.6 Å². The highest BCUT2D eigenvalue weighted by molar-refractivity contribution is 5.74. The van der Waals surface area contributed by atoms with Gasteiger partial charge < -0.3 is 13.7 Å². The van der Waals surface area contributed by atoms with Crippen molar-refractivity contribution in [3.63, 3.8) is 0 Å². The van der Waals surface area contributed by atoms with Gasteiger partial charge in [-0.2, -0.15) is 8.78 Å². The third kappa shape index (κ3) is 4.37. The fourth-order valence-electron chi connectivity index (χ4n) is 4.48. The number of rotatable bonds is 6. The molecule has 1 fully saturated rings. The molecule has 0 spiro atoms. The Labute approximate surface area is 194 Å². The van der Waals surface area contributed by atoms with E-state index in [-0.39, 0.29) is 12.4 Å². The fraction of sp³-hybridized carbons (Fsp3) is 0.417. The van der Waals surface area contributed by atoms with Crippen molar-refractivity contribution >= 4 is 11.1 Å². The number of nitrogens with zero attached hydrogens (tertiary/aromatic N) is 5. The molecule has 0 amide bonds. The number of piperidine rings is 1. The van der Waals surface area contributed by atoms with Crippen molar-refractivity contribution in [2.24, 2.45) is 0 Å². The van der Waals surface area contributed by atoms with Crippen molar-refractivity contribution in [3.05, 3.63) is 64.2 Å². The number of pyridine rings is 1. The largest absolute Gasteiger partial charge is 0.420 e. The van der Waals surface area contributed by atoms with Gasteiger partial charge in [0.15, 0.2) is 5.58 Å². The smallest absolute Gasteiger partial charge is 0.415 e.